The molecule has 2 aromatic rings. The van der Waals surface area contributed by atoms with Crippen LogP contribution in [0.2, 0.25) is 0 Å². The van der Waals surface area contributed by atoms with Crippen molar-refractivity contribution in [1.29, 1.82) is 0 Å². The molecular formula is C21H22N2O4. The summed E-state index contributed by atoms with van der Waals surface area (Å²) in [5.41, 5.74) is 0.718. The summed E-state index contributed by atoms with van der Waals surface area (Å²) in [4.78, 5) is 40.0. The van der Waals surface area contributed by atoms with Crippen LogP contribution < -0.4 is 0 Å². The first kappa shape index (κ1) is 18.6. The highest BCUT2D eigenvalue weighted by Gasteiger charge is 2.41. The van der Waals surface area contributed by atoms with Gasteiger partial charge in [-0.3, -0.25) is 19.4 Å². The molecule has 0 fully saturated rings. The highest BCUT2D eigenvalue weighted by Crippen LogP contribution is 2.32. The van der Waals surface area contributed by atoms with Gasteiger partial charge in [-0.05, 0) is 38.5 Å². The monoisotopic (exact) mass is 366 g/mol. The largest absolute Gasteiger partial charge is 0.465 e. The molecule has 1 atom stereocenters. The van der Waals surface area contributed by atoms with Crippen molar-refractivity contribution in [2.45, 2.75) is 32.4 Å². The summed E-state index contributed by atoms with van der Waals surface area (Å²) in [6.45, 7) is 5.33. The highest BCUT2D eigenvalue weighted by atomic mass is 16.4. The predicted octanol–water partition coefficient (Wildman–Crippen LogP) is 3.80. The molecule has 0 aromatic heterocycles. The summed E-state index contributed by atoms with van der Waals surface area (Å²) in [5.74, 6) is -0.786. The van der Waals surface area contributed by atoms with E-state index in [1.807, 2.05) is 30.3 Å². The van der Waals surface area contributed by atoms with Gasteiger partial charge in [-0.1, -0.05) is 42.5 Å². The van der Waals surface area contributed by atoms with Crippen molar-refractivity contribution in [2.75, 3.05) is 6.54 Å². The second-order valence-corrected chi connectivity index (χ2v) is 7.52. The van der Waals surface area contributed by atoms with Crippen molar-refractivity contribution in [2.24, 2.45) is 0 Å². The maximum Gasteiger partial charge on any atom is 0.408 e. The second-order valence-electron chi connectivity index (χ2n) is 7.52. The zero-order valence-corrected chi connectivity index (χ0v) is 15.5. The van der Waals surface area contributed by atoms with Crippen molar-refractivity contribution < 1.29 is 19.5 Å². The maximum absolute atomic E-state index is 12.8. The Labute approximate surface area is 158 Å². The molecule has 0 radical (unpaired) electrons. The van der Waals surface area contributed by atoms with E-state index in [-0.39, 0.29) is 6.54 Å². The van der Waals surface area contributed by atoms with Crippen LogP contribution in [-0.4, -0.2) is 44.9 Å². The van der Waals surface area contributed by atoms with Crippen LogP contribution >= 0.6 is 0 Å². The van der Waals surface area contributed by atoms with Crippen molar-refractivity contribution >= 4 is 17.9 Å². The van der Waals surface area contributed by atoms with Crippen LogP contribution in [0.15, 0.2) is 54.6 Å². The molecule has 0 aliphatic carbocycles. The zero-order chi connectivity index (χ0) is 19.8. The number of hydrogen-bond donors (Lipinski definition) is 1. The van der Waals surface area contributed by atoms with E-state index < -0.39 is 29.5 Å². The average Bonchev–Trinajstić information content (AvgIpc) is 2.85. The molecule has 1 N–H and O–H groups in total. The van der Waals surface area contributed by atoms with Crippen molar-refractivity contribution in [3.05, 3.63) is 71.3 Å². The number of carbonyl (C=O) groups excluding carboxylic acids is 2. The fourth-order valence-electron chi connectivity index (χ4n) is 3.48. The molecule has 1 aliphatic heterocycles. The molecular weight excluding hydrogens is 344 g/mol. The van der Waals surface area contributed by atoms with Crippen LogP contribution in [0.1, 0.15) is 53.1 Å². The minimum Gasteiger partial charge on any atom is -0.465 e. The minimum absolute atomic E-state index is 0.0417. The predicted molar refractivity (Wildman–Crippen MR) is 101 cm³/mol. The number of amides is 3. The van der Waals surface area contributed by atoms with Crippen LogP contribution in [0.5, 0.6) is 0 Å². The Morgan fingerprint density at radius 3 is 1.89 bits per heavy atom. The maximum atomic E-state index is 12.8. The van der Waals surface area contributed by atoms with E-state index in [0.29, 0.717) is 11.1 Å². The highest BCUT2D eigenvalue weighted by molar-refractivity contribution is 6.21. The first-order valence-corrected chi connectivity index (χ1v) is 8.74. The van der Waals surface area contributed by atoms with Gasteiger partial charge in [0, 0.05) is 5.54 Å². The summed E-state index contributed by atoms with van der Waals surface area (Å²) in [6.07, 6.45) is -1.10. The standard InChI is InChI=1S/C21H22N2O4/c1-21(2,3)23(20(26)27)17(14-9-5-4-6-10-14)13-22-18(24)15-11-7-8-12-16(15)19(22)25/h4-12,17H,13H2,1-3H3,(H,26,27). The lowest BCUT2D eigenvalue weighted by Crippen LogP contribution is -2.51. The quantitative estimate of drug-likeness (QED) is 0.835. The normalized spacial score (nSPS) is 14.9. The van der Waals surface area contributed by atoms with E-state index >= 15 is 0 Å². The van der Waals surface area contributed by atoms with Crippen LogP contribution in [0.3, 0.4) is 0 Å². The molecule has 0 saturated heterocycles. The SMILES string of the molecule is CC(C)(C)N(C(=O)O)C(CN1C(=O)c2ccccc2C1=O)c1ccccc1. The molecule has 27 heavy (non-hydrogen) atoms. The third-order valence-corrected chi connectivity index (χ3v) is 4.66. The van der Waals surface area contributed by atoms with Gasteiger partial charge in [-0.15, -0.1) is 0 Å². The van der Waals surface area contributed by atoms with Gasteiger partial charge in [0.1, 0.15) is 0 Å². The molecule has 2 aromatic carbocycles. The summed E-state index contributed by atoms with van der Waals surface area (Å²) >= 11 is 0. The average molecular weight is 366 g/mol. The van der Waals surface area contributed by atoms with Crippen molar-refractivity contribution in [3.8, 4) is 0 Å². The fourth-order valence-corrected chi connectivity index (χ4v) is 3.48. The Bertz CT molecular complexity index is 852. The fraction of sp³-hybridized carbons (Fsp3) is 0.286. The Morgan fingerprint density at radius 1 is 0.963 bits per heavy atom. The van der Waals surface area contributed by atoms with Gasteiger partial charge in [0.2, 0.25) is 0 Å². The lowest BCUT2D eigenvalue weighted by Gasteiger charge is -2.41. The summed E-state index contributed by atoms with van der Waals surface area (Å²) < 4.78 is 0. The van der Waals surface area contributed by atoms with Crippen LogP contribution in [0.4, 0.5) is 4.79 Å². The van der Waals surface area contributed by atoms with Crippen molar-refractivity contribution in [3.63, 3.8) is 0 Å². The van der Waals surface area contributed by atoms with Gasteiger partial charge in [0.05, 0.1) is 23.7 Å². The molecule has 1 unspecified atom stereocenters. The van der Waals surface area contributed by atoms with Gasteiger partial charge in [-0.2, -0.15) is 0 Å². The van der Waals surface area contributed by atoms with Gasteiger partial charge in [0.25, 0.3) is 11.8 Å². The van der Waals surface area contributed by atoms with E-state index in [1.54, 1.807) is 45.0 Å². The third kappa shape index (κ3) is 3.43. The number of hydrogen-bond acceptors (Lipinski definition) is 3. The molecule has 1 aliphatic rings. The number of rotatable bonds is 4. The Balaban J connectivity index is 2.02. The van der Waals surface area contributed by atoms with Crippen molar-refractivity contribution in [1.82, 2.24) is 9.80 Å². The van der Waals surface area contributed by atoms with Crippen LogP contribution in [0, 0.1) is 0 Å². The number of fused-ring (bicyclic) bond motifs is 1. The third-order valence-electron chi connectivity index (χ3n) is 4.66. The van der Waals surface area contributed by atoms with Gasteiger partial charge in [0.15, 0.2) is 0 Å². The molecule has 1 heterocycles. The Morgan fingerprint density at radius 2 is 1.44 bits per heavy atom. The molecule has 6 nitrogen and oxygen atoms in total. The Hall–Kier alpha value is -3.15. The van der Waals surface area contributed by atoms with E-state index in [0.717, 1.165) is 10.5 Å². The Kier molecular flexibility index (Phi) is 4.74. The topological polar surface area (TPSA) is 77.9 Å². The number of benzene rings is 2. The summed E-state index contributed by atoms with van der Waals surface area (Å²) in [5, 5.41) is 9.86. The molecule has 140 valence electrons. The molecule has 0 spiro atoms. The molecule has 3 amide bonds. The lowest BCUT2D eigenvalue weighted by atomic mass is 9.98. The first-order chi connectivity index (χ1) is 12.7. The molecule has 0 saturated carbocycles. The van der Waals surface area contributed by atoms with E-state index in [2.05, 4.69) is 0 Å². The summed E-state index contributed by atoms with van der Waals surface area (Å²) in [7, 11) is 0. The first-order valence-electron chi connectivity index (χ1n) is 8.74. The number of carboxylic acid groups (broad SMARTS) is 1. The number of nitrogens with zero attached hydrogens (tertiary/aromatic N) is 2. The van der Waals surface area contributed by atoms with Crippen LogP contribution in [-0.2, 0) is 0 Å². The van der Waals surface area contributed by atoms with Gasteiger partial charge in [-0.25, -0.2) is 4.79 Å². The zero-order valence-electron chi connectivity index (χ0n) is 15.5. The van der Waals surface area contributed by atoms with Gasteiger partial charge >= 0.3 is 6.09 Å². The lowest BCUT2D eigenvalue weighted by molar-refractivity contribution is 0.0427. The molecule has 0 bridgehead atoms. The number of carbonyl (C=O) groups is 3. The number of imide groups is 1. The molecule has 3 rings (SSSR count). The minimum atomic E-state index is -1.10. The van der Waals surface area contributed by atoms with E-state index in [4.69, 9.17) is 0 Å². The smallest absolute Gasteiger partial charge is 0.408 e. The summed E-state index contributed by atoms with van der Waals surface area (Å²) in [6, 6.07) is 15.1. The van der Waals surface area contributed by atoms with E-state index in [1.165, 1.54) is 4.90 Å². The second kappa shape index (κ2) is 6.87. The van der Waals surface area contributed by atoms with E-state index in [9.17, 15) is 19.5 Å². The van der Waals surface area contributed by atoms with Gasteiger partial charge < -0.3 is 5.11 Å². The molecule has 6 heteroatoms. The van der Waals surface area contributed by atoms with Crippen LogP contribution in [0.25, 0.3) is 0 Å².